The van der Waals surface area contributed by atoms with Crippen LogP contribution in [0.2, 0.25) is 0 Å². The number of carbonyl (C=O) groups excluding carboxylic acids is 3. The van der Waals surface area contributed by atoms with Crippen molar-refractivity contribution in [1.29, 1.82) is 0 Å². The van der Waals surface area contributed by atoms with Gasteiger partial charge in [0, 0.05) is 37.7 Å². The molecule has 0 unspecified atom stereocenters. The van der Waals surface area contributed by atoms with E-state index in [1.165, 1.54) is 0 Å². The van der Waals surface area contributed by atoms with E-state index < -0.39 is 0 Å². The lowest BCUT2D eigenvalue weighted by Crippen LogP contribution is -2.46. The van der Waals surface area contributed by atoms with Gasteiger partial charge >= 0.3 is 6.09 Å². The number of nitrogens with one attached hydrogen (secondary N) is 2. The third kappa shape index (κ3) is 9.11. The number of amides is 3. The Hall–Kier alpha value is -2.97. The van der Waals surface area contributed by atoms with Crippen molar-refractivity contribution >= 4 is 17.9 Å². The molecule has 1 aromatic rings. The van der Waals surface area contributed by atoms with Gasteiger partial charge in [-0.25, -0.2) is 4.79 Å². The fourth-order valence-electron chi connectivity index (χ4n) is 3.58. The van der Waals surface area contributed by atoms with Crippen LogP contribution in [0.4, 0.5) is 4.79 Å². The first-order valence-corrected chi connectivity index (χ1v) is 12.4. The highest BCUT2D eigenvalue weighted by molar-refractivity contribution is 5.94. The van der Waals surface area contributed by atoms with Crippen molar-refractivity contribution < 1.29 is 28.6 Å². The third-order valence-electron chi connectivity index (χ3n) is 5.38. The maximum absolute atomic E-state index is 12.5. The Balaban J connectivity index is 1.71. The molecule has 2 N–H and O–H groups in total. The average molecular weight is 478 g/mol. The van der Waals surface area contributed by atoms with Gasteiger partial charge in [-0.05, 0) is 57.2 Å². The van der Waals surface area contributed by atoms with E-state index in [1.54, 1.807) is 30.0 Å². The molecule has 1 aromatic carbocycles. The summed E-state index contributed by atoms with van der Waals surface area (Å²) in [5, 5.41) is 5.88. The SMILES string of the molecule is CCCOc1ccc(C(=O)NCCCC(=O)NC2CCN(C(=O)OCC)CC2)cc1OCCC. The molecule has 0 spiro atoms. The van der Waals surface area contributed by atoms with E-state index in [2.05, 4.69) is 10.6 Å². The highest BCUT2D eigenvalue weighted by atomic mass is 16.6. The zero-order valence-corrected chi connectivity index (χ0v) is 20.7. The second-order valence-electron chi connectivity index (χ2n) is 8.25. The van der Waals surface area contributed by atoms with Crippen LogP contribution in [0, 0.1) is 0 Å². The van der Waals surface area contributed by atoms with Gasteiger partial charge in [-0.15, -0.1) is 0 Å². The lowest BCUT2D eigenvalue weighted by Gasteiger charge is -2.31. The average Bonchev–Trinajstić information content (AvgIpc) is 2.84. The van der Waals surface area contributed by atoms with Crippen LogP contribution in [0.3, 0.4) is 0 Å². The van der Waals surface area contributed by atoms with Crippen molar-refractivity contribution in [3.05, 3.63) is 23.8 Å². The summed E-state index contributed by atoms with van der Waals surface area (Å²) < 4.78 is 16.5. The standard InChI is InChI=1S/C25H39N3O6/c1-4-16-33-21-10-9-19(18-22(21)34-17-5-2)24(30)26-13-7-8-23(29)27-20-11-14-28(15-12-20)25(31)32-6-3/h9-10,18,20H,4-8,11-17H2,1-3H3,(H,26,30)(H,27,29). The number of nitrogens with zero attached hydrogens (tertiary/aromatic N) is 1. The minimum absolute atomic E-state index is 0.0449. The molecule has 0 radical (unpaired) electrons. The Kier molecular flexibility index (Phi) is 12.1. The van der Waals surface area contributed by atoms with Crippen LogP contribution in [0.5, 0.6) is 11.5 Å². The maximum atomic E-state index is 12.5. The molecule has 34 heavy (non-hydrogen) atoms. The van der Waals surface area contributed by atoms with Gasteiger partial charge in [0.2, 0.25) is 5.91 Å². The summed E-state index contributed by atoms with van der Waals surface area (Å²) in [4.78, 5) is 38.2. The molecule has 0 saturated carbocycles. The summed E-state index contributed by atoms with van der Waals surface area (Å²) in [6, 6.07) is 5.23. The molecule has 3 amide bonds. The van der Waals surface area contributed by atoms with Crippen LogP contribution in [0.15, 0.2) is 18.2 Å². The molecule has 0 aromatic heterocycles. The van der Waals surface area contributed by atoms with Gasteiger partial charge in [0.15, 0.2) is 11.5 Å². The van der Waals surface area contributed by atoms with Crippen LogP contribution in [-0.4, -0.2) is 68.3 Å². The minimum atomic E-state index is -0.296. The van der Waals surface area contributed by atoms with Gasteiger partial charge in [-0.1, -0.05) is 13.8 Å². The van der Waals surface area contributed by atoms with Gasteiger partial charge in [-0.3, -0.25) is 9.59 Å². The van der Waals surface area contributed by atoms with Crippen molar-refractivity contribution in [1.82, 2.24) is 15.5 Å². The predicted octanol–water partition coefficient (Wildman–Crippen LogP) is 3.51. The molecule has 1 aliphatic heterocycles. The number of rotatable bonds is 13. The van der Waals surface area contributed by atoms with Crippen molar-refractivity contribution in [3.63, 3.8) is 0 Å². The van der Waals surface area contributed by atoms with E-state index in [-0.39, 0.29) is 23.9 Å². The quantitative estimate of drug-likeness (QED) is 0.421. The second-order valence-corrected chi connectivity index (χ2v) is 8.25. The van der Waals surface area contributed by atoms with Gasteiger partial charge in [-0.2, -0.15) is 0 Å². The zero-order chi connectivity index (χ0) is 24.8. The molecule has 9 heteroatoms. The van der Waals surface area contributed by atoms with Crippen molar-refractivity contribution in [3.8, 4) is 11.5 Å². The predicted molar refractivity (Wildman–Crippen MR) is 129 cm³/mol. The molecule has 1 aliphatic rings. The Morgan fingerprint density at radius 3 is 2.32 bits per heavy atom. The van der Waals surface area contributed by atoms with Gasteiger partial charge in [0.1, 0.15) is 0 Å². The van der Waals surface area contributed by atoms with Crippen LogP contribution in [0.1, 0.15) is 69.7 Å². The first-order chi connectivity index (χ1) is 16.5. The van der Waals surface area contributed by atoms with Crippen LogP contribution in [-0.2, 0) is 9.53 Å². The van der Waals surface area contributed by atoms with E-state index in [0.29, 0.717) is 82.2 Å². The van der Waals surface area contributed by atoms with Crippen LogP contribution >= 0.6 is 0 Å². The lowest BCUT2D eigenvalue weighted by molar-refractivity contribution is -0.122. The summed E-state index contributed by atoms with van der Waals surface area (Å²) in [7, 11) is 0. The van der Waals surface area contributed by atoms with Gasteiger partial charge in [0.25, 0.3) is 5.91 Å². The lowest BCUT2D eigenvalue weighted by atomic mass is 10.1. The van der Waals surface area contributed by atoms with E-state index in [0.717, 1.165) is 12.8 Å². The van der Waals surface area contributed by atoms with Gasteiger partial charge < -0.3 is 29.7 Å². The smallest absolute Gasteiger partial charge is 0.409 e. The highest BCUT2D eigenvalue weighted by Gasteiger charge is 2.24. The fourth-order valence-corrected chi connectivity index (χ4v) is 3.58. The molecule has 0 atom stereocenters. The van der Waals surface area contributed by atoms with Crippen LogP contribution < -0.4 is 20.1 Å². The number of piperidine rings is 1. The highest BCUT2D eigenvalue weighted by Crippen LogP contribution is 2.29. The third-order valence-corrected chi connectivity index (χ3v) is 5.38. The normalized spacial score (nSPS) is 13.8. The molecule has 0 aliphatic carbocycles. The number of benzene rings is 1. The van der Waals surface area contributed by atoms with Crippen LogP contribution in [0.25, 0.3) is 0 Å². The van der Waals surface area contributed by atoms with Gasteiger partial charge in [0.05, 0.1) is 19.8 Å². The maximum Gasteiger partial charge on any atom is 0.409 e. The Bertz CT molecular complexity index is 793. The molecular formula is C25H39N3O6. The summed E-state index contributed by atoms with van der Waals surface area (Å²) in [5.74, 6) is 0.944. The molecule has 9 nitrogen and oxygen atoms in total. The largest absolute Gasteiger partial charge is 0.490 e. The minimum Gasteiger partial charge on any atom is -0.490 e. The van der Waals surface area contributed by atoms with E-state index in [9.17, 15) is 14.4 Å². The number of hydrogen-bond donors (Lipinski definition) is 2. The Labute approximate surface area is 202 Å². The summed E-state index contributed by atoms with van der Waals surface area (Å²) in [6.07, 6.45) is 3.73. The summed E-state index contributed by atoms with van der Waals surface area (Å²) in [6.45, 7) is 8.87. The zero-order valence-electron chi connectivity index (χ0n) is 20.7. The number of hydrogen-bond acceptors (Lipinski definition) is 6. The summed E-state index contributed by atoms with van der Waals surface area (Å²) >= 11 is 0. The molecule has 1 fully saturated rings. The van der Waals surface area contributed by atoms with E-state index in [4.69, 9.17) is 14.2 Å². The molecular weight excluding hydrogens is 438 g/mol. The van der Waals surface area contributed by atoms with E-state index >= 15 is 0 Å². The van der Waals surface area contributed by atoms with E-state index in [1.807, 2.05) is 13.8 Å². The van der Waals surface area contributed by atoms with Crippen molar-refractivity contribution in [2.75, 3.05) is 39.5 Å². The number of ether oxygens (including phenoxy) is 3. The second kappa shape index (κ2) is 15.0. The van der Waals surface area contributed by atoms with Crippen molar-refractivity contribution in [2.24, 2.45) is 0 Å². The molecule has 1 heterocycles. The first-order valence-electron chi connectivity index (χ1n) is 12.4. The Morgan fingerprint density at radius 2 is 1.68 bits per heavy atom. The molecule has 2 rings (SSSR count). The van der Waals surface area contributed by atoms with Crippen molar-refractivity contribution in [2.45, 2.75) is 65.3 Å². The Morgan fingerprint density at radius 1 is 1.00 bits per heavy atom. The molecule has 0 bridgehead atoms. The first kappa shape index (κ1) is 27.3. The summed E-state index contributed by atoms with van der Waals surface area (Å²) in [5.41, 5.74) is 0.493. The monoisotopic (exact) mass is 477 g/mol. The number of carbonyl (C=O) groups is 3. The number of likely N-dealkylation sites (tertiary alicyclic amines) is 1. The molecule has 1 saturated heterocycles. The molecule has 190 valence electrons. The fraction of sp³-hybridized carbons (Fsp3) is 0.640. The topological polar surface area (TPSA) is 106 Å².